The van der Waals surface area contributed by atoms with Crippen LogP contribution in [-0.4, -0.2) is 16.6 Å². The molecule has 100 valence electrons. The number of aliphatic hydroxyl groups is 1. The number of pyridine rings is 1. The van der Waals surface area contributed by atoms with E-state index < -0.39 is 5.60 Å². The molecule has 2 aromatic rings. The second-order valence-corrected chi connectivity index (χ2v) is 5.82. The number of halogens is 2. The number of rotatable bonds is 4. The molecule has 0 radical (unpaired) electrons. The lowest BCUT2D eigenvalue weighted by Gasteiger charge is -2.25. The van der Waals surface area contributed by atoms with E-state index in [0.717, 1.165) is 10.2 Å². The Balaban J connectivity index is 2.12. The fourth-order valence-corrected chi connectivity index (χ4v) is 2.48. The molecule has 19 heavy (non-hydrogen) atoms. The van der Waals surface area contributed by atoms with Gasteiger partial charge in [-0.2, -0.15) is 0 Å². The molecule has 2 rings (SSSR count). The van der Waals surface area contributed by atoms with Gasteiger partial charge in [0.05, 0.1) is 11.9 Å². The van der Waals surface area contributed by atoms with Crippen molar-refractivity contribution in [2.75, 3.05) is 11.9 Å². The molecule has 0 aliphatic heterocycles. The van der Waals surface area contributed by atoms with Crippen molar-refractivity contribution in [1.82, 2.24) is 4.98 Å². The van der Waals surface area contributed by atoms with Crippen LogP contribution in [0.2, 0.25) is 5.02 Å². The Morgan fingerprint density at radius 3 is 2.79 bits per heavy atom. The Morgan fingerprint density at radius 2 is 2.11 bits per heavy atom. The molecule has 0 aliphatic rings. The third kappa shape index (κ3) is 3.69. The molecule has 2 N–H and O–H groups in total. The molecule has 1 aromatic carbocycles. The summed E-state index contributed by atoms with van der Waals surface area (Å²) in [6, 6.07) is 9.19. The number of anilines is 1. The molecule has 1 unspecified atom stereocenters. The van der Waals surface area contributed by atoms with Crippen molar-refractivity contribution in [2.24, 2.45) is 0 Å². The second kappa shape index (κ2) is 5.90. The molecular formula is C14H14BrClN2O. The van der Waals surface area contributed by atoms with Crippen molar-refractivity contribution in [3.63, 3.8) is 0 Å². The zero-order chi connectivity index (χ0) is 13.9. The highest BCUT2D eigenvalue weighted by Gasteiger charge is 2.25. The van der Waals surface area contributed by atoms with Crippen LogP contribution in [0.3, 0.4) is 0 Å². The average molecular weight is 342 g/mol. The lowest BCUT2D eigenvalue weighted by Crippen LogP contribution is -2.31. The first-order valence-electron chi connectivity index (χ1n) is 5.81. The highest BCUT2D eigenvalue weighted by molar-refractivity contribution is 9.10. The van der Waals surface area contributed by atoms with Gasteiger partial charge >= 0.3 is 0 Å². The van der Waals surface area contributed by atoms with Crippen LogP contribution in [-0.2, 0) is 5.60 Å². The molecule has 5 heteroatoms. The van der Waals surface area contributed by atoms with Crippen molar-refractivity contribution in [3.8, 4) is 0 Å². The third-order valence-corrected chi connectivity index (χ3v) is 3.56. The molecule has 1 atom stereocenters. The summed E-state index contributed by atoms with van der Waals surface area (Å²) in [4.78, 5) is 4.06. The van der Waals surface area contributed by atoms with Crippen LogP contribution in [0.15, 0.2) is 47.2 Å². The largest absolute Gasteiger partial charge is 0.384 e. The van der Waals surface area contributed by atoms with E-state index in [1.807, 2.05) is 24.3 Å². The number of benzene rings is 1. The molecular weight excluding hydrogens is 328 g/mol. The molecule has 0 saturated heterocycles. The normalized spacial score (nSPS) is 13.9. The first kappa shape index (κ1) is 14.3. The fraction of sp³-hybridized carbons (Fsp3) is 0.214. The summed E-state index contributed by atoms with van der Waals surface area (Å²) in [6.07, 6.45) is 3.41. The van der Waals surface area contributed by atoms with Gasteiger partial charge in [0.25, 0.3) is 0 Å². The molecule has 0 bridgehead atoms. The Hall–Kier alpha value is -1.10. The van der Waals surface area contributed by atoms with Gasteiger partial charge < -0.3 is 10.4 Å². The molecule has 0 fully saturated rings. The van der Waals surface area contributed by atoms with E-state index in [1.165, 1.54) is 0 Å². The number of hydrogen-bond acceptors (Lipinski definition) is 3. The summed E-state index contributed by atoms with van der Waals surface area (Å²) < 4.78 is 0.884. The van der Waals surface area contributed by atoms with E-state index in [0.29, 0.717) is 17.1 Å². The molecule has 0 aliphatic carbocycles. The highest BCUT2D eigenvalue weighted by Crippen LogP contribution is 2.28. The minimum absolute atomic E-state index is 0.342. The molecule has 0 amide bonds. The number of nitrogens with one attached hydrogen (secondary N) is 1. The maximum atomic E-state index is 10.5. The van der Waals surface area contributed by atoms with Crippen LogP contribution in [0.5, 0.6) is 0 Å². The number of nitrogens with zero attached hydrogens (tertiary/aromatic N) is 1. The van der Waals surface area contributed by atoms with Crippen LogP contribution in [0.25, 0.3) is 0 Å². The van der Waals surface area contributed by atoms with Gasteiger partial charge in [-0.15, -0.1) is 0 Å². The summed E-state index contributed by atoms with van der Waals surface area (Å²) in [5, 5.41) is 14.2. The minimum atomic E-state index is -1.05. The van der Waals surface area contributed by atoms with Gasteiger partial charge in [0.2, 0.25) is 0 Å². The summed E-state index contributed by atoms with van der Waals surface area (Å²) in [5.41, 5.74) is 0.481. The van der Waals surface area contributed by atoms with Crippen molar-refractivity contribution in [2.45, 2.75) is 12.5 Å². The van der Waals surface area contributed by atoms with E-state index in [4.69, 9.17) is 11.6 Å². The van der Waals surface area contributed by atoms with E-state index >= 15 is 0 Å². The SMILES string of the molecule is CC(O)(CNc1cncc(Br)c1)c1ccccc1Cl. The summed E-state index contributed by atoms with van der Waals surface area (Å²) >= 11 is 9.46. The summed E-state index contributed by atoms with van der Waals surface area (Å²) in [5.74, 6) is 0. The average Bonchev–Trinajstić information content (AvgIpc) is 2.37. The van der Waals surface area contributed by atoms with Gasteiger partial charge in [0.15, 0.2) is 0 Å². The highest BCUT2D eigenvalue weighted by atomic mass is 79.9. The van der Waals surface area contributed by atoms with Gasteiger partial charge in [-0.1, -0.05) is 29.8 Å². The van der Waals surface area contributed by atoms with Gasteiger partial charge in [0.1, 0.15) is 5.60 Å². The topological polar surface area (TPSA) is 45.1 Å². The Kier molecular flexibility index (Phi) is 4.45. The van der Waals surface area contributed by atoms with E-state index in [1.54, 1.807) is 25.4 Å². The lowest BCUT2D eigenvalue weighted by atomic mass is 9.96. The Bertz CT molecular complexity index is 575. The molecule has 0 spiro atoms. The predicted octanol–water partition coefficient (Wildman–Crippen LogP) is 3.82. The third-order valence-electron chi connectivity index (χ3n) is 2.80. The minimum Gasteiger partial charge on any atom is -0.384 e. The standard InChI is InChI=1S/C14H14BrClN2O/c1-14(19,12-4-2-3-5-13(12)16)9-18-11-6-10(15)7-17-8-11/h2-8,18-19H,9H2,1H3. The number of hydrogen-bond donors (Lipinski definition) is 2. The first-order chi connectivity index (χ1) is 8.99. The van der Waals surface area contributed by atoms with Crippen molar-refractivity contribution >= 4 is 33.2 Å². The van der Waals surface area contributed by atoms with Crippen LogP contribution in [0.4, 0.5) is 5.69 Å². The summed E-state index contributed by atoms with van der Waals surface area (Å²) in [6.45, 7) is 2.07. The Morgan fingerprint density at radius 1 is 1.37 bits per heavy atom. The molecule has 0 saturated carbocycles. The maximum Gasteiger partial charge on any atom is 0.105 e. The van der Waals surface area contributed by atoms with E-state index in [2.05, 4.69) is 26.2 Å². The van der Waals surface area contributed by atoms with Crippen LogP contribution < -0.4 is 5.32 Å². The lowest BCUT2D eigenvalue weighted by molar-refractivity contribution is 0.0716. The first-order valence-corrected chi connectivity index (χ1v) is 6.98. The van der Waals surface area contributed by atoms with Crippen molar-refractivity contribution < 1.29 is 5.11 Å². The van der Waals surface area contributed by atoms with E-state index in [-0.39, 0.29) is 0 Å². The summed E-state index contributed by atoms with van der Waals surface area (Å²) in [7, 11) is 0. The fourth-order valence-electron chi connectivity index (χ4n) is 1.78. The zero-order valence-corrected chi connectivity index (χ0v) is 12.7. The van der Waals surface area contributed by atoms with Crippen molar-refractivity contribution in [1.29, 1.82) is 0 Å². The monoisotopic (exact) mass is 340 g/mol. The van der Waals surface area contributed by atoms with Crippen LogP contribution in [0.1, 0.15) is 12.5 Å². The van der Waals surface area contributed by atoms with Gasteiger partial charge in [-0.05, 0) is 35.0 Å². The molecule has 1 aromatic heterocycles. The molecule has 1 heterocycles. The van der Waals surface area contributed by atoms with Gasteiger partial charge in [-0.3, -0.25) is 4.98 Å². The zero-order valence-electron chi connectivity index (χ0n) is 10.4. The van der Waals surface area contributed by atoms with Crippen LogP contribution in [0, 0.1) is 0 Å². The predicted molar refractivity (Wildman–Crippen MR) is 81.4 cm³/mol. The van der Waals surface area contributed by atoms with Crippen LogP contribution >= 0.6 is 27.5 Å². The number of aromatic nitrogens is 1. The Labute approximate surface area is 125 Å². The van der Waals surface area contributed by atoms with E-state index in [9.17, 15) is 5.11 Å². The quantitative estimate of drug-likeness (QED) is 0.888. The second-order valence-electron chi connectivity index (χ2n) is 4.50. The van der Waals surface area contributed by atoms with Gasteiger partial charge in [-0.25, -0.2) is 0 Å². The van der Waals surface area contributed by atoms with Gasteiger partial charge in [0, 0.05) is 27.8 Å². The maximum absolute atomic E-state index is 10.5. The molecule has 3 nitrogen and oxygen atoms in total. The smallest absolute Gasteiger partial charge is 0.105 e. The van der Waals surface area contributed by atoms with Crippen molar-refractivity contribution in [3.05, 3.63) is 57.8 Å².